The standard InChI is InChI=1S/C8H10.2ClH.Na/c1-7-3-5-8(2)6-4-7;;;/h3-6H,1-2H3;2*1H;/q;;;+1/p-1. The van der Waals surface area contributed by atoms with E-state index in [1.54, 1.807) is 0 Å². The van der Waals surface area contributed by atoms with Crippen LogP contribution in [-0.4, -0.2) is 0 Å². The van der Waals surface area contributed by atoms with Gasteiger partial charge in [-0.05, 0) is 13.8 Å². The molecule has 0 N–H and O–H groups in total. The van der Waals surface area contributed by atoms with E-state index in [1.807, 2.05) is 0 Å². The minimum atomic E-state index is 0. The van der Waals surface area contributed by atoms with Gasteiger partial charge in [-0.15, -0.1) is 12.4 Å². The van der Waals surface area contributed by atoms with E-state index in [4.69, 9.17) is 0 Å². The van der Waals surface area contributed by atoms with Crippen molar-refractivity contribution >= 4 is 12.4 Å². The van der Waals surface area contributed by atoms with E-state index < -0.39 is 0 Å². The molecule has 58 valence electrons. The monoisotopic (exact) mass is 200 g/mol. The summed E-state index contributed by atoms with van der Waals surface area (Å²) in [5.74, 6) is 0. The molecule has 1 aromatic carbocycles. The Morgan fingerprint density at radius 2 is 1.00 bits per heavy atom. The Morgan fingerprint density at radius 1 is 0.818 bits per heavy atom. The molecule has 0 heterocycles. The van der Waals surface area contributed by atoms with E-state index in [2.05, 4.69) is 38.1 Å². The van der Waals surface area contributed by atoms with E-state index in [-0.39, 0.29) is 54.4 Å². The summed E-state index contributed by atoms with van der Waals surface area (Å²) in [7, 11) is 0. The maximum absolute atomic E-state index is 2.12. The second kappa shape index (κ2) is 8.89. The van der Waals surface area contributed by atoms with Gasteiger partial charge in [-0.3, -0.25) is 0 Å². The van der Waals surface area contributed by atoms with Crippen molar-refractivity contribution in [3.8, 4) is 0 Å². The Labute approximate surface area is 103 Å². The van der Waals surface area contributed by atoms with Crippen molar-refractivity contribution in [2.45, 2.75) is 13.8 Å². The molecule has 0 spiro atoms. The van der Waals surface area contributed by atoms with Gasteiger partial charge in [0.15, 0.2) is 0 Å². The minimum absolute atomic E-state index is 0. The molecular formula is C8H11Cl2Na. The zero-order valence-corrected chi connectivity index (χ0v) is 10.7. The third kappa shape index (κ3) is 7.17. The van der Waals surface area contributed by atoms with E-state index in [0.717, 1.165) is 0 Å². The third-order valence-corrected chi connectivity index (χ3v) is 1.22. The van der Waals surface area contributed by atoms with Crippen LogP contribution in [0.25, 0.3) is 0 Å². The SMILES string of the molecule is Cc1ccc(C)cc1.Cl.[Cl-].[Na+]. The molecule has 0 saturated carbocycles. The molecule has 0 radical (unpaired) electrons. The van der Waals surface area contributed by atoms with E-state index in [1.165, 1.54) is 11.1 Å². The first-order chi connectivity index (χ1) is 3.79. The van der Waals surface area contributed by atoms with Crippen molar-refractivity contribution in [1.29, 1.82) is 0 Å². The summed E-state index contributed by atoms with van der Waals surface area (Å²) in [5, 5.41) is 0. The number of halogens is 2. The molecule has 1 rings (SSSR count). The van der Waals surface area contributed by atoms with Crippen molar-refractivity contribution in [3.63, 3.8) is 0 Å². The van der Waals surface area contributed by atoms with Gasteiger partial charge in [-0.25, -0.2) is 0 Å². The van der Waals surface area contributed by atoms with Crippen LogP contribution < -0.4 is 42.0 Å². The molecule has 0 nitrogen and oxygen atoms in total. The maximum atomic E-state index is 2.12. The van der Waals surface area contributed by atoms with Crippen LogP contribution in [0.15, 0.2) is 24.3 Å². The van der Waals surface area contributed by atoms with Crippen LogP contribution in [0, 0.1) is 13.8 Å². The second-order valence-electron chi connectivity index (χ2n) is 2.15. The molecule has 0 unspecified atom stereocenters. The largest absolute Gasteiger partial charge is 1.00 e. The summed E-state index contributed by atoms with van der Waals surface area (Å²) in [5.41, 5.74) is 2.66. The number of hydrogen-bond acceptors (Lipinski definition) is 0. The Balaban J connectivity index is -0.000000213. The second-order valence-corrected chi connectivity index (χ2v) is 2.15. The number of rotatable bonds is 0. The molecule has 0 bridgehead atoms. The molecule has 0 atom stereocenters. The fourth-order valence-electron chi connectivity index (χ4n) is 0.637. The van der Waals surface area contributed by atoms with Crippen molar-refractivity contribution < 1.29 is 42.0 Å². The van der Waals surface area contributed by atoms with Crippen molar-refractivity contribution in [3.05, 3.63) is 35.4 Å². The zero-order valence-electron chi connectivity index (χ0n) is 7.10. The van der Waals surface area contributed by atoms with E-state index in [9.17, 15) is 0 Å². The van der Waals surface area contributed by atoms with Crippen molar-refractivity contribution in [2.75, 3.05) is 0 Å². The molecule has 11 heavy (non-hydrogen) atoms. The van der Waals surface area contributed by atoms with Gasteiger partial charge in [0.1, 0.15) is 0 Å². The molecule has 0 aliphatic rings. The first kappa shape index (κ1) is 17.8. The fourth-order valence-corrected chi connectivity index (χ4v) is 0.637. The van der Waals surface area contributed by atoms with Gasteiger partial charge in [0.05, 0.1) is 0 Å². The maximum Gasteiger partial charge on any atom is 1.00 e. The quantitative estimate of drug-likeness (QED) is 0.386. The smallest absolute Gasteiger partial charge is 1.00 e. The van der Waals surface area contributed by atoms with Gasteiger partial charge in [-0.1, -0.05) is 35.4 Å². The predicted molar refractivity (Wildman–Crippen MR) is 43.2 cm³/mol. The first-order valence-electron chi connectivity index (χ1n) is 2.82. The van der Waals surface area contributed by atoms with E-state index >= 15 is 0 Å². The molecule has 0 fully saturated rings. The zero-order chi connectivity index (χ0) is 5.98. The molecule has 1 aromatic rings. The first-order valence-corrected chi connectivity index (χ1v) is 2.82. The normalized spacial score (nSPS) is 6.73. The summed E-state index contributed by atoms with van der Waals surface area (Å²) >= 11 is 0. The fraction of sp³-hybridized carbons (Fsp3) is 0.250. The molecule has 0 saturated heterocycles. The number of hydrogen-bond donors (Lipinski definition) is 0. The van der Waals surface area contributed by atoms with Gasteiger partial charge < -0.3 is 12.4 Å². The van der Waals surface area contributed by atoms with E-state index in [0.29, 0.717) is 0 Å². The van der Waals surface area contributed by atoms with Crippen LogP contribution in [0.5, 0.6) is 0 Å². The summed E-state index contributed by atoms with van der Waals surface area (Å²) in [6.07, 6.45) is 0. The average molecular weight is 201 g/mol. The topological polar surface area (TPSA) is 0 Å². The van der Waals surface area contributed by atoms with Gasteiger partial charge in [0.25, 0.3) is 0 Å². The average Bonchev–Trinajstić information content (AvgIpc) is 1.77. The summed E-state index contributed by atoms with van der Waals surface area (Å²) in [4.78, 5) is 0. The molecular weight excluding hydrogens is 190 g/mol. The number of aryl methyl sites for hydroxylation is 2. The molecule has 3 heteroatoms. The van der Waals surface area contributed by atoms with Gasteiger partial charge >= 0.3 is 29.6 Å². The van der Waals surface area contributed by atoms with Crippen LogP contribution in [0.1, 0.15) is 11.1 Å². The minimum Gasteiger partial charge on any atom is -1.00 e. The van der Waals surface area contributed by atoms with Gasteiger partial charge in [-0.2, -0.15) is 0 Å². The Bertz CT molecular complexity index is 151. The van der Waals surface area contributed by atoms with Crippen LogP contribution in [0.2, 0.25) is 0 Å². The van der Waals surface area contributed by atoms with Crippen molar-refractivity contribution in [1.82, 2.24) is 0 Å². The Morgan fingerprint density at radius 3 is 1.18 bits per heavy atom. The number of benzene rings is 1. The van der Waals surface area contributed by atoms with Gasteiger partial charge in [0, 0.05) is 0 Å². The van der Waals surface area contributed by atoms with Crippen LogP contribution in [0.4, 0.5) is 0 Å². The molecule has 0 amide bonds. The molecule has 0 aliphatic heterocycles. The molecule has 0 aromatic heterocycles. The van der Waals surface area contributed by atoms with Gasteiger partial charge in [0.2, 0.25) is 0 Å². The predicted octanol–water partition coefficient (Wildman–Crippen LogP) is -3.27. The Hall–Kier alpha value is 0.800. The summed E-state index contributed by atoms with van der Waals surface area (Å²) < 4.78 is 0. The molecule has 0 aliphatic carbocycles. The van der Waals surface area contributed by atoms with Crippen molar-refractivity contribution in [2.24, 2.45) is 0 Å². The summed E-state index contributed by atoms with van der Waals surface area (Å²) in [6.45, 7) is 4.19. The Kier molecular flexibility index (Phi) is 14.4. The summed E-state index contributed by atoms with van der Waals surface area (Å²) in [6, 6.07) is 8.48. The van der Waals surface area contributed by atoms with Crippen LogP contribution in [-0.2, 0) is 0 Å². The van der Waals surface area contributed by atoms with Crippen LogP contribution >= 0.6 is 12.4 Å². The third-order valence-electron chi connectivity index (χ3n) is 1.22. The van der Waals surface area contributed by atoms with Crippen LogP contribution in [0.3, 0.4) is 0 Å².